The second-order valence-corrected chi connectivity index (χ2v) is 8.57. The summed E-state index contributed by atoms with van der Waals surface area (Å²) in [6.45, 7) is 2.26. The Bertz CT molecular complexity index is 1570. The lowest BCUT2D eigenvalue weighted by molar-refractivity contribution is 0.0601. The van der Waals surface area contributed by atoms with Crippen molar-refractivity contribution in [3.8, 4) is 11.5 Å². The van der Waals surface area contributed by atoms with Crippen molar-refractivity contribution in [3.05, 3.63) is 99.6 Å². The van der Waals surface area contributed by atoms with Crippen molar-refractivity contribution in [2.45, 2.75) is 19.9 Å². The van der Waals surface area contributed by atoms with Gasteiger partial charge in [-0.05, 0) is 35.7 Å². The molecule has 0 heterocycles. The van der Waals surface area contributed by atoms with Gasteiger partial charge >= 0.3 is 5.97 Å². The van der Waals surface area contributed by atoms with E-state index in [9.17, 15) is 24.6 Å². The molecule has 0 spiro atoms. The summed E-state index contributed by atoms with van der Waals surface area (Å²) >= 11 is 0. The molecule has 3 N–H and O–H groups in total. The van der Waals surface area contributed by atoms with E-state index in [4.69, 9.17) is 4.74 Å². The molecule has 7 nitrogen and oxygen atoms in total. The fourth-order valence-corrected chi connectivity index (χ4v) is 4.80. The minimum Gasteiger partial charge on any atom is -0.507 e. The second-order valence-electron chi connectivity index (χ2n) is 8.57. The Morgan fingerprint density at radius 2 is 1.64 bits per heavy atom. The van der Waals surface area contributed by atoms with Crippen LogP contribution in [0, 0.1) is 0 Å². The first-order valence-corrected chi connectivity index (χ1v) is 11.5. The van der Waals surface area contributed by atoms with Crippen LogP contribution in [0.1, 0.15) is 60.3 Å². The van der Waals surface area contributed by atoms with Gasteiger partial charge in [0.25, 0.3) is 0 Å². The lowest BCUT2D eigenvalue weighted by Gasteiger charge is -2.24. The summed E-state index contributed by atoms with van der Waals surface area (Å²) in [5.41, 5.74) is 1.85. The molecule has 0 bridgehead atoms. The van der Waals surface area contributed by atoms with Crippen molar-refractivity contribution in [3.63, 3.8) is 0 Å². The molecule has 7 heteroatoms. The Balaban J connectivity index is 1.71. The summed E-state index contributed by atoms with van der Waals surface area (Å²) in [5, 5.41) is 25.5. The number of nitrogens with one attached hydrogen (secondary N) is 1. The zero-order chi connectivity index (χ0) is 25.6. The van der Waals surface area contributed by atoms with Gasteiger partial charge in [0.05, 0.1) is 29.4 Å². The molecule has 0 unspecified atom stereocenters. The first-order valence-electron chi connectivity index (χ1n) is 11.5. The third-order valence-corrected chi connectivity index (χ3v) is 6.59. The van der Waals surface area contributed by atoms with Gasteiger partial charge in [-0.2, -0.15) is 0 Å². The smallest absolute Gasteiger partial charge is 0.338 e. The number of rotatable bonds is 5. The fourth-order valence-electron chi connectivity index (χ4n) is 4.80. The second kappa shape index (κ2) is 8.85. The van der Waals surface area contributed by atoms with Gasteiger partial charge in [0.15, 0.2) is 11.6 Å². The molecular formula is C29H23NO6. The zero-order valence-electron chi connectivity index (χ0n) is 19.7. The van der Waals surface area contributed by atoms with Crippen LogP contribution in [0.2, 0.25) is 0 Å². The Kier molecular flexibility index (Phi) is 5.68. The summed E-state index contributed by atoms with van der Waals surface area (Å²) < 4.78 is 4.95. The molecule has 0 radical (unpaired) electrons. The molecule has 1 aliphatic rings. The average molecular weight is 482 g/mol. The highest BCUT2D eigenvalue weighted by molar-refractivity contribution is 6.33. The number of fused-ring (bicyclic) bond motifs is 3. The van der Waals surface area contributed by atoms with E-state index in [1.165, 1.54) is 25.3 Å². The molecule has 0 aromatic heterocycles. The molecule has 1 aliphatic carbocycles. The number of aromatic hydroxyl groups is 2. The number of carbonyl (C=O) groups is 3. The average Bonchev–Trinajstić information content (AvgIpc) is 2.90. The Morgan fingerprint density at radius 1 is 0.889 bits per heavy atom. The lowest BCUT2D eigenvalue weighted by Crippen LogP contribution is -2.23. The van der Waals surface area contributed by atoms with Gasteiger partial charge in [0.2, 0.25) is 0 Å². The van der Waals surface area contributed by atoms with Crippen LogP contribution >= 0.6 is 0 Å². The number of ketones is 2. The molecule has 180 valence electrons. The molecule has 0 saturated heterocycles. The number of hydrogen-bond donors (Lipinski definition) is 3. The minimum absolute atomic E-state index is 0.00329. The molecule has 4 aromatic carbocycles. The Labute approximate surface area is 207 Å². The number of methoxy groups -OCH3 is 1. The monoisotopic (exact) mass is 481 g/mol. The van der Waals surface area contributed by atoms with Crippen molar-refractivity contribution in [1.82, 2.24) is 0 Å². The van der Waals surface area contributed by atoms with Gasteiger partial charge in [0, 0.05) is 28.6 Å². The molecule has 5 rings (SSSR count). The quantitative estimate of drug-likeness (QED) is 0.239. The van der Waals surface area contributed by atoms with E-state index < -0.39 is 23.3 Å². The largest absolute Gasteiger partial charge is 0.507 e. The number of aryl methyl sites for hydroxylation is 1. The first-order chi connectivity index (χ1) is 17.4. The van der Waals surface area contributed by atoms with Crippen molar-refractivity contribution >= 4 is 34.0 Å². The number of carbonyl (C=O) groups excluding carboxylic acids is 3. The van der Waals surface area contributed by atoms with Gasteiger partial charge in [-0.1, -0.05) is 49.4 Å². The first kappa shape index (κ1) is 23.1. The number of benzene rings is 4. The maximum Gasteiger partial charge on any atom is 0.338 e. The summed E-state index contributed by atoms with van der Waals surface area (Å²) in [6, 6.07) is 17.2. The molecule has 0 fully saturated rings. The molecule has 4 aromatic rings. The van der Waals surface area contributed by atoms with E-state index in [1.807, 2.05) is 37.3 Å². The van der Waals surface area contributed by atoms with Crippen molar-refractivity contribution < 1.29 is 29.3 Å². The van der Waals surface area contributed by atoms with E-state index >= 15 is 0 Å². The number of anilines is 1. The van der Waals surface area contributed by atoms with Crippen molar-refractivity contribution in [2.24, 2.45) is 0 Å². The standard InChI is InChI=1S/C29H23NO6/c1-3-16-9-10-17-18(22(16)29(35)36-2)13-19-23(26(17)32)28(34)24-20(11-12-21(31)25(24)27(19)33)30-14-15-7-5-4-6-8-15/h4-13,30-32H,3,14H2,1-2H3. The van der Waals surface area contributed by atoms with E-state index in [0.29, 0.717) is 29.6 Å². The third-order valence-electron chi connectivity index (χ3n) is 6.59. The number of hydrogen-bond acceptors (Lipinski definition) is 7. The van der Waals surface area contributed by atoms with Crippen molar-refractivity contribution in [2.75, 3.05) is 12.4 Å². The minimum atomic E-state index is -0.615. The fraction of sp³-hybridized carbons (Fsp3) is 0.138. The maximum absolute atomic E-state index is 13.7. The van der Waals surface area contributed by atoms with Crippen LogP contribution in [-0.2, 0) is 17.7 Å². The predicted octanol–water partition coefficient (Wildman–Crippen LogP) is 4.99. The topological polar surface area (TPSA) is 113 Å². The molecule has 0 saturated carbocycles. The number of phenols is 2. The molecule has 0 amide bonds. The molecule has 0 aliphatic heterocycles. The van der Waals surface area contributed by atoms with E-state index in [-0.39, 0.29) is 39.0 Å². The Hall–Kier alpha value is -4.65. The number of ether oxygens (including phenoxy) is 1. The molecular weight excluding hydrogens is 458 g/mol. The van der Waals surface area contributed by atoms with E-state index in [2.05, 4.69) is 5.32 Å². The van der Waals surface area contributed by atoms with E-state index in [0.717, 1.165) is 5.56 Å². The lowest BCUT2D eigenvalue weighted by atomic mass is 9.80. The number of esters is 1. The van der Waals surface area contributed by atoms with Gasteiger partial charge < -0.3 is 20.3 Å². The summed E-state index contributed by atoms with van der Waals surface area (Å²) in [5.74, 6) is -2.55. The van der Waals surface area contributed by atoms with Crippen LogP contribution < -0.4 is 5.32 Å². The zero-order valence-corrected chi connectivity index (χ0v) is 19.7. The van der Waals surface area contributed by atoms with Crippen LogP contribution in [0.5, 0.6) is 11.5 Å². The van der Waals surface area contributed by atoms with Crippen LogP contribution in [0.15, 0.2) is 60.7 Å². The molecule has 0 atom stereocenters. The van der Waals surface area contributed by atoms with E-state index in [1.54, 1.807) is 12.1 Å². The van der Waals surface area contributed by atoms with Crippen LogP contribution in [0.4, 0.5) is 5.69 Å². The summed E-state index contributed by atoms with van der Waals surface area (Å²) in [7, 11) is 1.26. The highest BCUT2D eigenvalue weighted by Gasteiger charge is 2.37. The number of phenolic OH excluding ortho intramolecular Hbond substituents is 2. The van der Waals surface area contributed by atoms with Gasteiger partial charge in [-0.25, -0.2) is 4.79 Å². The maximum atomic E-state index is 13.7. The van der Waals surface area contributed by atoms with Gasteiger partial charge in [0.1, 0.15) is 11.5 Å². The highest BCUT2D eigenvalue weighted by Crippen LogP contribution is 2.43. The van der Waals surface area contributed by atoms with Crippen LogP contribution in [0.3, 0.4) is 0 Å². The Morgan fingerprint density at radius 3 is 2.33 bits per heavy atom. The van der Waals surface area contributed by atoms with Crippen LogP contribution in [0.25, 0.3) is 10.8 Å². The highest BCUT2D eigenvalue weighted by atomic mass is 16.5. The molecule has 36 heavy (non-hydrogen) atoms. The predicted molar refractivity (Wildman–Crippen MR) is 135 cm³/mol. The van der Waals surface area contributed by atoms with Gasteiger partial charge in [-0.3, -0.25) is 9.59 Å². The normalized spacial score (nSPS) is 12.3. The van der Waals surface area contributed by atoms with Crippen molar-refractivity contribution in [1.29, 1.82) is 0 Å². The summed E-state index contributed by atoms with van der Waals surface area (Å²) in [4.78, 5) is 40.0. The third kappa shape index (κ3) is 3.48. The van der Waals surface area contributed by atoms with Gasteiger partial charge in [-0.15, -0.1) is 0 Å². The SMILES string of the molecule is CCc1ccc2c(O)c3c(cc2c1C(=O)OC)C(=O)c1c(O)ccc(NCc2ccccc2)c1C3=O. The van der Waals surface area contributed by atoms with Crippen LogP contribution in [-0.4, -0.2) is 34.9 Å². The summed E-state index contributed by atoms with van der Waals surface area (Å²) in [6.07, 6.45) is 0.519.